The minimum Gasteiger partial charge on any atom is -0.444 e. The summed E-state index contributed by atoms with van der Waals surface area (Å²) in [5.74, 6) is 0.269. The van der Waals surface area contributed by atoms with Gasteiger partial charge >= 0.3 is 6.09 Å². The minimum atomic E-state index is -0.476. The monoisotopic (exact) mass is 339 g/mol. The lowest BCUT2D eigenvalue weighted by molar-refractivity contribution is 0.0203. The highest BCUT2D eigenvalue weighted by atomic mass is 32.1. The summed E-state index contributed by atoms with van der Waals surface area (Å²) in [6, 6.07) is 0. The van der Waals surface area contributed by atoms with Crippen LogP contribution in [0.15, 0.2) is 4.99 Å². The molecule has 128 valence electrons. The van der Waals surface area contributed by atoms with Crippen molar-refractivity contribution in [2.75, 3.05) is 20.1 Å². The molecule has 1 saturated heterocycles. The van der Waals surface area contributed by atoms with Crippen LogP contribution in [-0.2, 0) is 11.8 Å². The van der Waals surface area contributed by atoms with E-state index in [1.807, 2.05) is 32.4 Å². The molecule has 0 saturated carbocycles. The van der Waals surface area contributed by atoms with Crippen molar-refractivity contribution in [3.8, 4) is 0 Å². The van der Waals surface area contributed by atoms with Crippen LogP contribution in [0.5, 0.6) is 0 Å². The molecule has 0 unspecified atom stereocenters. The molecule has 1 fully saturated rings. The minimum absolute atomic E-state index is 0.259. The molecule has 0 aliphatic carbocycles. The Morgan fingerprint density at radius 1 is 1.35 bits per heavy atom. The average molecular weight is 339 g/mol. The molecule has 1 aromatic rings. The van der Waals surface area contributed by atoms with Crippen molar-refractivity contribution in [1.82, 2.24) is 9.47 Å². The largest absolute Gasteiger partial charge is 0.444 e. The zero-order valence-electron chi connectivity index (χ0n) is 14.5. The van der Waals surface area contributed by atoms with Gasteiger partial charge in [0.1, 0.15) is 5.60 Å². The number of carbonyl (C=O) groups is 2. The van der Waals surface area contributed by atoms with Gasteiger partial charge in [-0.15, -0.1) is 0 Å². The van der Waals surface area contributed by atoms with Gasteiger partial charge in [0, 0.05) is 38.8 Å². The number of carbonyl (C=O) groups excluding carboxylic acids is 2. The van der Waals surface area contributed by atoms with Gasteiger partial charge in [0.05, 0.1) is 4.88 Å². The van der Waals surface area contributed by atoms with Gasteiger partial charge in [-0.05, 0) is 33.6 Å². The third-order valence-electron chi connectivity index (χ3n) is 3.93. The molecule has 1 amide bonds. The smallest absolute Gasteiger partial charge is 0.410 e. The van der Waals surface area contributed by atoms with E-state index in [-0.39, 0.29) is 12.0 Å². The molecule has 0 N–H and O–H groups in total. The Balaban J connectivity index is 2.10. The van der Waals surface area contributed by atoms with E-state index in [4.69, 9.17) is 4.74 Å². The van der Waals surface area contributed by atoms with Crippen molar-refractivity contribution in [2.45, 2.75) is 45.1 Å². The Morgan fingerprint density at radius 3 is 2.43 bits per heavy atom. The number of likely N-dealkylation sites (tertiary alicyclic amines) is 1. The van der Waals surface area contributed by atoms with Crippen molar-refractivity contribution in [3.05, 3.63) is 15.4 Å². The summed E-state index contributed by atoms with van der Waals surface area (Å²) in [7, 11) is 3.68. The first-order valence-electron chi connectivity index (χ1n) is 7.82. The maximum absolute atomic E-state index is 12.1. The molecule has 2 heterocycles. The van der Waals surface area contributed by atoms with Gasteiger partial charge in [-0.25, -0.2) is 4.79 Å². The number of aldehydes is 1. The van der Waals surface area contributed by atoms with Crippen LogP contribution < -0.4 is 4.80 Å². The predicted molar refractivity (Wildman–Crippen MR) is 89.9 cm³/mol. The molecule has 1 aliphatic rings. The van der Waals surface area contributed by atoms with Crippen LogP contribution in [0, 0.1) is 0 Å². The number of rotatable bonds is 2. The van der Waals surface area contributed by atoms with Crippen LogP contribution in [-0.4, -0.2) is 47.6 Å². The van der Waals surface area contributed by atoms with Gasteiger partial charge < -0.3 is 14.2 Å². The SMILES string of the molecule is C/N=c1\sc(C=O)c(C2CCN(C(=O)OC(C)(C)C)CC2)n1C. The predicted octanol–water partition coefficient (Wildman–Crippen LogP) is 2.54. The molecule has 1 aliphatic heterocycles. The number of thiazole rings is 1. The number of ether oxygens (including phenoxy) is 1. The third-order valence-corrected chi connectivity index (χ3v) is 5.10. The van der Waals surface area contributed by atoms with Gasteiger partial charge in [-0.2, -0.15) is 0 Å². The summed E-state index contributed by atoms with van der Waals surface area (Å²) in [4.78, 5) is 31.0. The fourth-order valence-electron chi connectivity index (χ4n) is 2.90. The van der Waals surface area contributed by atoms with E-state index in [9.17, 15) is 9.59 Å². The summed E-state index contributed by atoms with van der Waals surface area (Å²) in [6.07, 6.45) is 2.31. The number of piperidine rings is 1. The second-order valence-electron chi connectivity index (χ2n) is 6.78. The Kier molecular flexibility index (Phi) is 5.29. The van der Waals surface area contributed by atoms with Crippen LogP contribution in [0.1, 0.15) is 54.9 Å². The van der Waals surface area contributed by atoms with Crippen LogP contribution in [0.25, 0.3) is 0 Å². The van der Waals surface area contributed by atoms with Gasteiger partial charge in [0.2, 0.25) is 0 Å². The van der Waals surface area contributed by atoms with E-state index in [2.05, 4.69) is 4.99 Å². The number of hydrogen-bond acceptors (Lipinski definition) is 5. The summed E-state index contributed by atoms with van der Waals surface area (Å²) < 4.78 is 7.42. The number of nitrogens with zero attached hydrogens (tertiary/aromatic N) is 3. The molecule has 1 aromatic heterocycles. The normalized spacial score (nSPS) is 17.4. The summed E-state index contributed by atoms with van der Waals surface area (Å²) in [6.45, 7) is 6.90. The zero-order chi connectivity index (χ0) is 17.2. The van der Waals surface area contributed by atoms with Crippen LogP contribution in [0.4, 0.5) is 4.79 Å². The Bertz CT molecular complexity index is 647. The maximum atomic E-state index is 12.1. The molecule has 7 heteroatoms. The number of aromatic nitrogens is 1. The second kappa shape index (κ2) is 6.86. The molecular formula is C16H25N3O3S. The molecule has 0 atom stereocenters. The summed E-state index contributed by atoms with van der Waals surface area (Å²) in [5, 5.41) is 0. The number of hydrogen-bond donors (Lipinski definition) is 0. The van der Waals surface area contributed by atoms with Gasteiger partial charge in [0.15, 0.2) is 11.1 Å². The van der Waals surface area contributed by atoms with E-state index in [0.29, 0.717) is 13.1 Å². The van der Waals surface area contributed by atoms with Crippen LogP contribution in [0.2, 0.25) is 0 Å². The molecule has 0 radical (unpaired) electrons. The topological polar surface area (TPSA) is 63.9 Å². The number of amides is 1. The quantitative estimate of drug-likeness (QED) is 0.778. The summed E-state index contributed by atoms with van der Waals surface area (Å²) >= 11 is 1.42. The lowest BCUT2D eigenvalue weighted by Gasteiger charge is -2.33. The Labute approximate surface area is 140 Å². The van der Waals surface area contributed by atoms with Gasteiger partial charge in [0.25, 0.3) is 0 Å². The highest BCUT2D eigenvalue weighted by molar-refractivity contribution is 7.11. The van der Waals surface area contributed by atoms with Crippen LogP contribution in [0.3, 0.4) is 0 Å². The standard InChI is InChI=1S/C16H25N3O3S/c1-16(2,3)22-15(21)19-8-6-11(7-9-19)13-12(10-20)23-14(17-4)18(13)5/h10-11H,6-9H2,1-5H3/b17-14-. The van der Waals surface area contributed by atoms with Crippen molar-refractivity contribution < 1.29 is 14.3 Å². The molecule has 6 nitrogen and oxygen atoms in total. The molecule has 2 rings (SSSR count). The third kappa shape index (κ3) is 4.02. The van der Waals surface area contributed by atoms with E-state index in [1.165, 1.54) is 11.3 Å². The van der Waals surface area contributed by atoms with Crippen LogP contribution >= 0.6 is 11.3 Å². The van der Waals surface area contributed by atoms with Crippen molar-refractivity contribution >= 4 is 23.7 Å². The fourth-order valence-corrected chi connectivity index (χ4v) is 3.88. The highest BCUT2D eigenvalue weighted by Crippen LogP contribution is 2.31. The molecular weight excluding hydrogens is 314 g/mol. The van der Waals surface area contributed by atoms with Crippen molar-refractivity contribution in [3.63, 3.8) is 0 Å². The van der Waals surface area contributed by atoms with E-state index in [1.54, 1.807) is 11.9 Å². The first-order chi connectivity index (χ1) is 10.8. The van der Waals surface area contributed by atoms with Gasteiger partial charge in [-0.1, -0.05) is 11.3 Å². The summed E-state index contributed by atoms with van der Waals surface area (Å²) in [5.41, 5.74) is 0.560. The Hall–Kier alpha value is -1.63. The Morgan fingerprint density at radius 2 is 1.96 bits per heavy atom. The van der Waals surface area contributed by atoms with Crippen molar-refractivity contribution in [2.24, 2.45) is 12.0 Å². The second-order valence-corrected chi connectivity index (χ2v) is 7.79. The molecule has 0 spiro atoms. The molecule has 0 aromatic carbocycles. The van der Waals surface area contributed by atoms with Gasteiger partial charge in [-0.3, -0.25) is 9.79 Å². The molecule has 23 heavy (non-hydrogen) atoms. The molecule has 0 bridgehead atoms. The lowest BCUT2D eigenvalue weighted by Crippen LogP contribution is -2.41. The average Bonchev–Trinajstić information content (AvgIpc) is 2.81. The van der Waals surface area contributed by atoms with Crippen molar-refractivity contribution in [1.29, 1.82) is 0 Å². The highest BCUT2D eigenvalue weighted by Gasteiger charge is 2.30. The fraction of sp³-hybridized carbons (Fsp3) is 0.688. The maximum Gasteiger partial charge on any atom is 0.410 e. The van der Waals surface area contributed by atoms with E-state index in [0.717, 1.165) is 34.5 Å². The first-order valence-corrected chi connectivity index (χ1v) is 8.64. The van der Waals surface area contributed by atoms with E-state index < -0.39 is 5.60 Å². The van der Waals surface area contributed by atoms with E-state index >= 15 is 0 Å². The first kappa shape index (κ1) is 17.7. The zero-order valence-corrected chi connectivity index (χ0v) is 15.3. The lowest BCUT2D eigenvalue weighted by atomic mass is 9.93.